The highest BCUT2D eigenvalue weighted by atomic mass is 16.6. The third-order valence-electron chi connectivity index (χ3n) is 3.44. The van der Waals surface area contributed by atoms with E-state index >= 15 is 0 Å². The highest BCUT2D eigenvalue weighted by molar-refractivity contribution is 5.95. The summed E-state index contributed by atoms with van der Waals surface area (Å²) in [5.41, 5.74) is 1.16. The Hall–Kier alpha value is -2.57. The Morgan fingerprint density at radius 1 is 1.00 bits per heavy atom. The van der Waals surface area contributed by atoms with Crippen molar-refractivity contribution in [2.45, 2.75) is 52.2 Å². The first-order valence-corrected chi connectivity index (χ1v) is 7.91. The van der Waals surface area contributed by atoms with Crippen molar-refractivity contribution in [3.8, 4) is 5.75 Å². The molecular weight excluding hydrogens is 326 g/mol. The summed E-state index contributed by atoms with van der Waals surface area (Å²) in [4.78, 5) is 34.6. The van der Waals surface area contributed by atoms with Crippen molar-refractivity contribution in [2.75, 3.05) is 7.11 Å². The molecule has 2 amide bonds. The highest BCUT2D eigenvalue weighted by Crippen LogP contribution is 2.24. The highest BCUT2D eigenvalue weighted by Gasteiger charge is 2.24. The number of hydrogen-bond acceptors (Lipinski definition) is 6. The van der Waals surface area contributed by atoms with Crippen LogP contribution >= 0.6 is 0 Å². The van der Waals surface area contributed by atoms with E-state index in [1.165, 1.54) is 13.8 Å². The summed E-state index contributed by atoms with van der Waals surface area (Å²) in [5, 5.41) is 1.93. The Kier molecular flexibility index (Phi) is 6.97. The summed E-state index contributed by atoms with van der Waals surface area (Å²) in [6, 6.07) is 7.41. The van der Waals surface area contributed by atoms with Gasteiger partial charge in [-0.25, -0.2) is 9.59 Å². The quantitative estimate of drug-likeness (QED) is 0.820. The van der Waals surface area contributed by atoms with Gasteiger partial charge in [0, 0.05) is 0 Å². The number of rotatable bonds is 5. The van der Waals surface area contributed by atoms with Gasteiger partial charge in [-0.05, 0) is 37.0 Å². The monoisotopic (exact) mass is 351 g/mol. The zero-order chi connectivity index (χ0) is 19.2. The summed E-state index contributed by atoms with van der Waals surface area (Å²) >= 11 is 0. The van der Waals surface area contributed by atoms with Crippen LogP contribution in [0.4, 0.5) is 4.79 Å². The Labute approximate surface area is 147 Å². The number of esters is 1. The molecule has 0 fully saturated rings. The molecule has 138 valence electrons. The number of carbonyl (C=O) groups excluding carboxylic acids is 3. The minimum atomic E-state index is -1.15. The van der Waals surface area contributed by atoms with Gasteiger partial charge in [0.1, 0.15) is 5.75 Å². The van der Waals surface area contributed by atoms with Crippen LogP contribution in [-0.4, -0.2) is 37.3 Å². The predicted molar refractivity (Wildman–Crippen MR) is 91.3 cm³/mol. The number of methoxy groups -OCH3 is 1. The summed E-state index contributed by atoms with van der Waals surface area (Å²) in [6.45, 7) is 9.17. The Balaban J connectivity index is 2.59. The second-order valence-electron chi connectivity index (χ2n) is 6.59. The average Bonchev–Trinajstić information content (AvgIpc) is 2.54. The lowest BCUT2D eigenvalue weighted by molar-refractivity contribution is -0.160. The normalized spacial score (nSPS) is 13.4. The van der Waals surface area contributed by atoms with Crippen LogP contribution in [0.1, 0.15) is 40.2 Å². The van der Waals surface area contributed by atoms with Crippen LogP contribution in [0.5, 0.6) is 5.75 Å². The van der Waals surface area contributed by atoms with Gasteiger partial charge < -0.3 is 14.2 Å². The molecule has 1 aromatic rings. The Morgan fingerprint density at radius 3 is 2.04 bits per heavy atom. The van der Waals surface area contributed by atoms with Gasteiger partial charge in [-0.1, -0.05) is 32.9 Å². The zero-order valence-electron chi connectivity index (χ0n) is 15.4. The van der Waals surface area contributed by atoms with Crippen LogP contribution in [0.3, 0.4) is 0 Å². The lowest BCUT2D eigenvalue weighted by atomic mass is 9.87. The maximum atomic E-state index is 12.0. The fourth-order valence-electron chi connectivity index (χ4n) is 1.86. The number of hydrogen-bond donors (Lipinski definition) is 1. The number of carbonyl (C=O) groups is 3. The van der Waals surface area contributed by atoms with Crippen LogP contribution in [0.15, 0.2) is 24.3 Å². The number of amides is 2. The summed E-state index contributed by atoms with van der Waals surface area (Å²) in [6.07, 6.45) is -2.98. The maximum Gasteiger partial charge on any atom is 0.413 e. The molecule has 1 rings (SSSR count). The Morgan fingerprint density at radius 2 is 1.56 bits per heavy atom. The molecule has 7 heteroatoms. The van der Waals surface area contributed by atoms with E-state index < -0.39 is 30.2 Å². The van der Waals surface area contributed by atoms with Crippen LogP contribution in [0.25, 0.3) is 0 Å². The van der Waals surface area contributed by atoms with Crippen LogP contribution in [-0.2, 0) is 24.5 Å². The second kappa shape index (κ2) is 8.50. The van der Waals surface area contributed by atoms with Crippen molar-refractivity contribution in [3.05, 3.63) is 29.8 Å². The molecule has 0 radical (unpaired) electrons. The Bertz CT molecular complexity index is 617. The molecule has 7 nitrogen and oxygen atoms in total. The van der Waals surface area contributed by atoms with Crippen molar-refractivity contribution in [3.63, 3.8) is 0 Å². The molecule has 0 aliphatic heterocycles. The van der Waals surface area contributed by atoms with Gasteiger partial charge >= 0.3 is 12.1 Å². The molecule has 25 heavy (non-hydrogen) atoms. The van der Waals surface area contributed by atoms with Crippen molar-refractivity contribution >= 4 is 18.0 Å². The summed E-state index contributed by atoms with van der Waals surface area (Å²) < 4.78 is 14.8. The largest absolute Gasteiger partial charge is 0.479 e. The van der Waals surface area contributed by atoms with E-state index in [0.29, 0.717) is 5.75 Å². The van der Waals surface area contributed by atoms with Crippen molar-refractivity contribution in [1.29, 1.82) is 0 Å². The first-order valence-electron chi connectivity index (χ1n) is 7.91. The first kappa shape index (κ1) is 20.5. The van der Waals surface area contributed by atoms with E-state index in [1.54, 1.807) is 12.1 Å². The van der Waals surface area contributed by atoms with Crippen molar-refractivity contribution < 1.29 is 28.6 Å². The SMILES string of the molecule is COC(=O)NC(=O)[C@H](C)OC(=O)[C@H](C)Oc1ccc(C(C)(C)C)cc1. The number of benzene rings is 1. The van der Waals surface area contributed by atoms with E-state index in [1.807, 2.05) is 17.4 Å². The third-order valence-corrected chi connectivity index (χ3v) is 3.44. The molecule has 0 spiro atoms. The lowest BCUT2D eigenvalue weighted by Crippen LogP contribution is -2.41. The molecule has 0 unspecified atom stereocenters. The van der Waals surface area contributed by atoms with Crippen LogP contribution in [0, 0.1) is 0 Å². The van der Waals surface area contributed by atoms with E-state index in [2.05, 4.69) is 25.5 Å². The molecule has 0 saturated carbocycles. The first-order chi connectivity index (χ1) is 11.5. The molecular formula is C18H25NO6. The van der Waals surface area contributed by atoms with Crippen molar-refractivity contribution in [2.24, 2.45) is 0 Å². The lowest BCUT2D eigenvalue weighted by Gasteiger charge is -2.20. The van der Waals surface area contributed by atoms with Gasteiger partial charge in [-0.2, -0.15) is 0 Å². The van der Waals surface area contributed by atoms with Gasteiger partial charge in [-0.15, -0.1) is 0 Å². The molecule has 1 N–H and O–H groups in total. The van der Waals surface area contributed by atoms with Gasteiger partial charge in [0.25, 0.3) is 5.91 Å². The minimum Gasteiger partial charge on any atom is -0.479 e. The number of ether oxygens (including phenoxy) is 3. The second-order valence-corrected chi connectivity index (χ2v) is 6.59. The van der Waals surface area contributed by atoms with E-state index in [9.17, 15) is 14.4 Å². The van der Waals surface area contributed by atoms with Gasteiger partial charge in [0.15, 0.2) is 12.2 Å². The van der Waals surface area contributed by atoms with E-state index in [-0.39, 0.29) is 5.41 Å². The molecule has 0 heterocycles. The topological polar surface area (TPSA) is 90.9 Å². The van der Waals surface area contributed by atoms with Crippen molar-refractivity contribution in [1.82, 2.24) is 5.32 Å². The average molecular weight is 351 g/mol. The molecule has 1 aromatic carbocycles. The van der Waals surface area contributed by atoms with E-state index in [4.69, 9.17) is 9.47 Å². The number of imide groups is 1. The summed E-state index contributed by atoms with van der Waals surface area (Å²) in [7, 11) is 1.13. The fourth-order valence-corrected chi connectivity index (χ4v) is 1.86. The zero-order valence-corrected chi connectivity index (χ0v) is 15.4. The molecule has 0 aromatic heterocycles. The number of nitrogens with one attached hydrogen (secondary N) is 1. The third kappa shape index (κ3) is 6.45. The molecule has 2 atom stereocenters. The minimum absolute atomic E-state index is 0.0194. The maximum absolute atomic E-state index is 12.0. The molecule has 0 bridgehead atoms. The number of alkyl carbamates (subject to hydrolysis) is 1. The summed E-state index contributed by atoms with van der Waals surface area (Å²) in [5.74, 6) is -0.974. The fraction of sp³-hybridized carbons (Fsp3) is 0.500. The van der Waals surface area contributed by atoms with Crippen LogP contribution in [0.2, 0.25) is 0 Å². The molecule has 0 aliphatic rings. The standard InChI is InChI=1S/C18H25NO6/c1-11(15(20)19-17(22)23-6)25-16(21)12(2)24-14-9-7-13(8-10-14)18(3,4)5/h7-12H,1-6H3,(H,19,20,22)/t11-,12-/m0/s1. The van der Waals surface area contributed by atoms with Gasteiger partial charge in [0.2, 0.25) is 0 Å². The van der Waals surface area contributed by atoms with Gasteiger partial charge in [0.05, 0.1) is 7.11 Å². The molecule has 0 aliphatic carbocycles. The van der Waals surface area contributed by atoms with E-state index in [0.717, 1.165) is 12.7 Å². The van der Waals surface area contributed by atoms with Gasteiger partial charge in [-0.3, -0.25) is 10.1 Å². The van der Waals surface area contributed by atoms with Crippen LogP contribution < -0.4 is 10.1 Å². The smallest absolute Gasteiger partial charge is 0.413 e. The predicted octanol–water partition coefficient (Wildman–Crippen LogP) is 2.57. The molecule has 0 saturated heterocycles.